The number of carboxylic acid groups (broad SMARTS) is 1. The third kappa shape index (κ3) is 4.15. The topological polar surface area (TPSA) is 60.8 Å². The Morgan fingerprint density at radius 3 is 2.89 bits per heavy atom. The summed E-state index contributed by atoms with van der Waals surface area (Å²) in [5.41, 5.74) is 1.30. The molecule has 1 atom stereocenters. The summed E-state index contributed by atoms with van der Waals surface area (Å²) < 4.78 is 13.5. The lowest BCUT2D eigenvalue weighted by Crippen LogP contribution is -2.21. The number of carbonyl (C=O) groups is 1. The Bertz CT molecular complexity index is 501. The Labute approximate surface area is 110 Å². The van der Waals surface area contributed by atoms with Crippen LogP contribution in [0.5, 0.6) is 0 Å². The number of carboxylic acids is 1. The SMILES string of the molecule is O=C(O)C=Cc1cc(F)cc(CN2CCC(O)C2)c1. The van der Waals surface area contributed by atoms with E-state index < -0.39 is 5.97 Å². The minimum atomic E-state index is -1.06. The Hall–Kier alpha value is -1.72. The third-order valence-electron chi connectivity index (χ3n) is 3.05. The zero-order valence-corrected chi connectivity index (χ0v) is 10.4. The monoisotopic (exact) mass is 265 g/mol. The number of aliphatic hydroxyl groups is 1. The number of rotatable bonds is 4. The molecule has 1 unspecified atom stereocenters. The number of β-amino-alcohol motifs (C(OH)–C–C–N with tert-alkyl or cyclic N) is 1. The van der Waals surface area contributed by atoms with E-state index in [0.717, 1.165) is 24.6 Å². The molecule has 1 fully saturated rings. The second-order valence-corrected chi connectivity index (χ2v) is 4.74. The van der Waals surface area contributed by atoms with Crippen LogP contribution in [0.25, 0.3) is 6.08 Å². The van der Waals surface area contributed by atoms with Crippen molar-refractivity contribution in [1.82, 2.24) is 4.90 Å². The van der Waals surface area contributed by atoms with Gasteiger partial charge in [-0.2, -0.15) is 0 Å². The highest BCUT2D eigenvalue weighted by Crippen LogP contribution is 2.16. The van der Waals surface area contributed by atoms with Crippen LogP contribution < -0.4 is 0 Å². The zero-order chi connectivity index (χ0) is 13.8. The summed E-state index contributed by atoms with van der Waals surface area (Å²) in [6, 6.07) is 4.48. The second-order valence-electron chi connectivity index (χ2n) is 4.74. The van der Waals surface area contributed by atoms with E-state index in [4.69, 9.17) is 5.11 Å². The summed E-state index contributed by atoms with van der Waals surface area (Å²) in [7, 11) is 0. The number of likely N-dealkylation sites (tertiary alicyclic amines) is 1. The average molecular weight is 265 g/mol. The molecule has 102 valence electrons. The maximum Gasteiger partial charge on any atom is 0.328 e. The quantitative estimate of drug-likeness (QED) is 0.810. The van der Waals surface area contributed by atoms with Gasteiger partial charge in [0.15, 0.2) is 0 Å². The van der Waals surface area contributed by atoms with Gasteiger partial charge in [0.05, 0.1) is 6.10 Å². The van der Waals surface area contributed by atoms with Gasteiger partial charge in [-0.1, -0.05) is 6.07 Å². The molecular formula is C14H16FNO3. The first-order valence-corrected chi connectivity index (χ1v) is 6.14. The first-order chi connectivity index (χ1) is 9.02. The van der Waals surface area contributed by atoms with Crippen molar-refractivity contribution < 1.29 is 19.4 Å². The smallest absolute Gasteiger partial charge is 0.328 e. The summed E-state index contributed by atoms with van der Waals surface area (Å²) in [6.07, 6.45) is 2.78. The van der Waals surface area contributed by atoms with Gasteiger partial charge >= 0.3 is 5.97 Å². The molecule has 0 bridgehead atoms. The van der Waals surface area contributed by atoms with Gasteiger partial charge in [-0.15, -0.1) is 0 Å². The number of aliphatic hydroxyl groups excluding tert-OH is 1. The molecule has 1 heterocycles. The second kappa shape index (κ2) is 5.95. The minimum absolute atomic E-state index is 0.306. The standard InChI is InChI=1S/C14H16FNO3/c15-12-6-10(1-2-14(18)19)5-11(7-12)8-16-4-3-13(17)9-16/h1-2,5-7,13,17H,3-4,8-9H2,(H,18,19). The van der Waals surface area contributed by atoms with Crippen LogP contribution in [0, 0.1) is 5.82 Å². The van der Waals surface area contributed by atoms with Crippen molar-refractivity contribution in [3.8, 4) is 0 Å². The molecule has 5 heteroatoms. The maximum atomic E-state index is 13.5. The molecule has 0 spiro atoms. The number of nitrogens with zero attached hydrogens (tertiary/aromatic N) is 1. The van der Waals surface area contributed by atoms with Crippen molar-refractivity contribution in [1.29, 1.82) is 0 Å². The van der Waals surface area contributed by atoms with Gasteiger partial charge in [-0.3, -0.25) is 4.90 Å². The van der Waals surface area contributed by atoms with Crippen LogP contribution in [0.3, 0.4) is 0 Å². The first-order valence-electron chi connectivity index (χ1n) is 6.14. The molecule has 19 heavy (non-hydrogen) atoms. The fourth-order valence-electron chi connectivity index (χ4n) is 2.24. The summed E-state index contributed by atoms with van der Waals surface area (Å²) >= 11 is 0. The Morgan fingerprint density at radius 2 is 2.26 bits per heavy atom. The Balaban J connectivity index is 2.10. The summed E-state index contributed by atoms with van der Waals surface area (Å²) in [6.45, 7) is 1.94. The van der Waals surface area contributed by atoms with Crippen LogP contribution in [0.2, 0.25) is 0 Å². The van der Waals surface area contributed by atoms with E-state index in [1.54, 1.807) is 6.07 Å². The molecule has 4 nitrogen and oxygen atoms in total. The van der Waals surface area contributed by atoms with Crippen LogP contribution in [-0.2, 0) is 11.3 Å². The Morgan fingerprint density at radius 1 is 1.47 bits per heavy atom. The molecule has 2 N–H and O–H groups in total. The van der Waals surface area contributed by atoms with E-state index in [1.165, 1.54) is 18.2 Å². The molecule has 1 aliphatic rings. The molecule has 2 rings (SSSR count). The number of hydrogen-bond donors (Lipinski definition) is 2. The van der Waals surface area contributed by atoms with Crippen molar-refractivity contribution in [2.24, 2.45) is 0 Å². The van der Waals surface area contributed by atoms with E-state index in [-0.39, 0.29) is 11.9 Å². The number of aliphatic carboxylic acids is 1. The molecule has 1 aliphatic heterocycles. The van der Waals surface area contributed by atoms with Crippen LogP contribution >= 0.6 is 0 Å². The van der Waals surface area contributed by atoms with Crippen molar-refractivity contribution in [3.63, 3.8) is 0 Å². The maximum absolute atomic E-state index is 13.5. The third-order valence-corrected chi connectivity index (χ3v) is 3.05. The molecular weight excluding hydrogens is 249 g/mol. The molecule has 0 aromatic heterocycles. The normalized spacial score (nSPS) is 20.2. The minimum Gasteiger partial charge on any atom is -0.478 e. The van der Waals surface area contributed by atoms with Gasteiger partial charge in [0.1, 0.15) is 5.82 Å². The molecule has 0 amide bonds. The molecule has 1 saturated heterocycles. The van der Waals surface area contributed by atoms with Crippen LogP contribution in [-0.4, -0.2) is 40.3 Å². The lowest BCUT2D eigenvalue weighted by molar-refractivity contribution is -0.131. The fourth-order valence-corrected chi connectivity index (χ4v) is 2.24. The van der Waals surface area contributed by atoms with Crippen LogP contribution in [0.4, 0.5) is 4.39 Å². The number of hydrogen-bond acceptors (Lipinski definition) is 3. The van der Waals surface area contributed by atoms with Gasteiger partial charge < -0.3 is 10.2 Å². The molecule has 1 aromatic rings. The highest BCUT2D eigenvalue weighted by molar-refractivity contribution is 5.85. The van der Waals surface area contributed by atoms with Crippen molar-refractivity contribution in [2.45, 2.75) is 19.1 Å². The van der Waals surface area contributed by atoms with E-state index >= 15 is 0 Å². The summed E-state index contributed by atoms with van der Waals surface area (Å²) in [5, 5.41) is 18.0. The van der Waals surface area contributed by atoms with E-state index in [2.05, 4.69) is 0 Å². The largest absolute Gasteiger partial charge is 0.478 e. The lowest BCUT2D eigenvalue weighted by atomic mass is 10.1. The fraction of sp³-hybridized carbons (Fsp3) is 0.357. The average Bonchev–Trinajstić information content (AvgIpc) is 2.71. The van der Waals surface area contributed by atoms with Gasteiger partial charge in [-0.25, -0.2) is 9.18 Å². The summed E-state index contributed by atoms with van der Waals surface area (Å²) in [5.74, 6) is -1.45. The van der Waals surface area contributed by atoms with Gasteiger partial charge in [0, 0.05) is 25.7 Å². The van der Waals surface area contributed by atoms with E-state index in [9.17, 15) is 14.3 Å². The van der Waals surface area contributed by atoms with Gasteiger partial charge in [0.2, 0.25) is 0 Å². The van der Waals surface area contributed by atoms with Crippen molar-refractivity contribution in [2.75, 3.05) is 13.1 Å². The summed E-state index contributed by atoms with van der Waals surface area (Å²) in [4.78, 5) is 12.5. The molecule has 0 aliphatic carbocycles. The van der Waals surface area contributed by atoms with Gasteiger partial charge in [0.25, 0.3) is 0 Å². The number of halogens is 1. The lowest BCUT2D eigenvalue weighted by Gasteiger charge is -2.15. The highest BCUT2D eigenvalue weighted by Gasteiger charge is 2.20. The van der Waals surface area contributed by atoms with Crippen molar-refractivity contribution in [3.05, 3.63) is 41.2 Å². The van der Waals surface area contributed by atoms with Crippen LogP contribution in [0.15, 0.2) is 24.3 Å². The predicted molar refractivity (Wildman–Crippen MR) is 69.0 cm³/mol. The van der Waals surface area contributed by atoms with E-state index in [1.807, 2.05) is 4.90 Å². The Kier molecular flexibility index (Phi) is 4.29. The molecule has 1 aromatic carbocycles. The van der Waals surface area contributed by atoms with E-state index in [0.29, 0.717) is 18.7 Å². The number of benzene rings is 1. The van der Waals surface area contributed by atoms with Gasteiger partial charge in [-0.05, 0) is 35.8 Å². The van der Waals surface area contributed by atoms with Crippen LogP contribution in [0.1, 0.15) is 17.5 Å². The highest BCUT2D eigenvalue weighted by atomic mass is 19.1. The first kappa shape index (κ1) is 13.7. The molecule has 0 saturated carbocycles. The zero-order valence-electron chi connectivity index (χ0n) is 10.4. The predicted octanol–water partition coefficient (Wildman–Crippen LogP) is 1.49. The van der Waals surface area contributed by atoms with Crippen molar-refractivity contribution >= 4 is 12.0 Å². The molecule has 0 radical (unpaired) electrons.